The molecule has 7 heteroatoms. The smallest absolute Gasteiger partial charge is 0.173 e. The number of furan rings is 1. The molecule has 1 saturated heterocycles. The number of nitrogens with zero attached hydrogens (tertiary/aromatic N) is 1. The van der Waals surface area contributed by atoms with E-state index in [9.17, 15) is 0 Å². The highest BCUT2D eigenvalue weighted by Gasteiger charge is 2.17. The van der Waals surface area contributed by atoms with Gasteiger partial charge in [-0.15, -0.1) is 0 Å². The molecule has 2 heterocycles. The van der Waals surface area contributed by atoms with Crippen LogP contribution >= 0.6 is 12.2 Å². The molecule has 3 rings (SSSR count). The summed E-state index contributed by atoms with van der Waals surface area (Å²) in [6.07, 6.45) is 2.76. The fourth-order valence-electron chi connectivity index (χ4n) is 3.22. The van der Waals surface area contributed by atoms with E-state index < -0.39 is 0 Å². The molecule has 0 spiro atoms. The van der Waals surface area contributed by atoms with Gasteiger partial charge >= 0.3 is 0 Å². The van der Waals surface area contributed by atoms with Crippen LogP contribution in [0.25, 0.3) is 0 Å². The van der Waals surface area contributed by atoms with E-state index in [0.29, 0.717) is 11.7 Å². The number of hydrogen-bond acceptors (Lipinski definition) is 4. The van der Waals surface area contributed by atoms with Crippen LogP contribution in [-0.2, 0) is 11.3 Å². The number of anilines is 1. The first-order valence-electron chi connectivity index (χ1n) is 9.39. The van der Waals surface area contributed by atoms with Crippen molar-refractivity contribution in [2.24, 2.45) is 0 Å². The molecule has 0 unspecified atom stereocenters. The van der Waals surface area contributed by atoms with Crippen molar-refractivity contribution in [1.29, 1.82) is 0 Å². The number of para-hydroxylation sites is 2. The highest BCUT2D eigenvalue weighted by Crippen LogP contribution is 2.23. The third-order valence-electron chi connectivity index (χ3n) is 4.72. The first kappa shape index (κ1) is 19.7. The van der Waals surface area contributed by atoms with Gasteiger partial charge in [0.05, 0.1) is 45.4 Å². The quantitative estimate of drug-likeness (QED) is 0.671. The second-order valence-electron chi connectivity index (χ2n) is 6.60. The molecule has 1 aliphatic rings. The second-order valence-corrected chi connectivity index (χ2v) is 6.98. The van der Waals surface area contributed by atoms with E-state index >= 15 is 0 Å². The van der Waals surface area contributed by atoms with Gasteiger partial charge in [0.2, 0.25) is 0 Å². The van der Waals surface area contributed by atoms with Crippen LogP contribution in [0.5, 0.6) is 5.75 Å². The molecule has 2 aromatic rings. The van der Waals surface area contributed by atoms with Crippen LogP contribution in [0.4, 0.5) is 5.69 Å². The Bertz CT molecular complexity index is 702. The lowest BCUT2D eigenvalue weighted by Crippen LogP contribution is -3.14. The number of rotatable bonds is 8. The Morgan fingerprint density at radius 2 is 2.04 bits per heavy atom. The van der Waals surface area contributed by atoms with Crippen molar-refractivity contribution in [3.63, 3.8) is 0 Å². The van der Waals surface area contributed by atoms with E-state index in [2.05, 4.69) is 10.2 Å². The predicted molar refractivity (Wildman–Crippen MR) is 109 cm³/mol. The van der Waals surface area contributed by atoms with Crippen molar-refractivity contribution in [3.05, 3.63) is 48.4 Å². The zero-order valence-electron chi connectivity index (χ0n) is 15.8. The highest BCUT2D eigenvalue weighted by atomic mass is 32.1. The van der Waals surface area contributed by atoms with Crippen LogP contribution in [0.3, 0.4) is 0 Å². The number of thiocarbonyl (C=S) groups is 1. The molecule has 1 fully saturated rings. The first-order chi connectivity index (χ1) is 13.3. The molecule has 0 aliphatic carbocycles. The van der Waals surface area contributed by atoms with Gasteiger partial charge in [-0.2, -0.15) is 0 Å². The van der Waals surface area contributed by atoms with Crippen LogP contribution in [0.15, 0.2) is 47.1 Å². The van der Waals surface area contributed by atoms with E-state index in [-0.39, 0.29) is 0 Å². The minimum absolute atomic E-state index is 0.645. The molecule has 27 heavy (non-hydrogen) atoms. The molecule has 0 saturated carbocycles. The fourth-order valence-corrected chi connectivity index (χ4v) is 3.48. The van der Waals surface area contributed by atoms with Crippen LogP contribution < -0.4 is 15.0 Å². The summed E-state index contributed by atoms with van der Waals surface area (Å²) in [6.45, 7) is 6.52. The molecule has 1 aromatic heterocycles. The molecule has 0 radical (unpaired) electrons. The average molecular weight is 391 g/mol. The number of methoxy groups -OCH3 is 1. The van der Waals surface area contributed by atoms with Crippen LogP contribution in [0.1, 0.15) is 12.2 Å². The van der Waals surface area contributed by atoms with Gasteiger partial charge in [-0.1, -0.05) is 12.1 Å². The Balaban J connectivity index is 1.60. The van der Waals surface area contributed by atoms with Crippen molar-refractivity contribution in [3.8, 4) is 5.75 Å². The molecule has 0 atom stereocenters. The molecule has 2 N–H and O–H groups in total. The third-order valence-corrected chi connectivity index (χ3v) is 5.08. The minimum atomic E-state index is 0.645. The van der Waals surface area contributed by atoms with E-state index in [1.54, 1.807) is 18.3 Å². The number of ether oxygens (including phenoxy) is 2. The maximum absolute atomic E-state index is 5.70. The van der Waals surface area contributed by atoms with Crippen LogP contribution in [-0.4, -0.2) is 56.5 Å². The Morgan fingerprint density at radius 3 is 2.78 bits per heavy atom. The number of morpholine rings is 1. The Morgan fingerprint density at radius 1 is 1.22 bits per heavy atom. The molecular formula is C20H28N3O3S+. The van der Waals surface area contributed by atoms with Gasteiger partial charge in [-0.25, -0.2) is 0 Å². The molecule has 0 amide bonds. The predicted octanol–water partition coefficient (Wildman–Crippen LogP) is 1.79. The summed E-state index contributed by atoms with van der Waals surface area (Å²) in [5.41, 5.74) is 0.869. The largest absolute Gasteiger partial charge is 0.495 e. The van der Waals surface area contributed by atoms with Crippen LogP contribution in [0, 0.1) is 0 Å². The minimum Gasteiger partial charge on any atom is -0.495 e. The molecule has 1 aliphatic heterocycles. The van der Waals surface area contributed by atoms with Crippen molar-refractivity contribution in [1.82, 2.24) is 4.90 Å². The summed E-state index contributed by atoms with van der Waals surface area (Å²) in [4.78, 5) is 3.75. The van der Waals surface area contributed by atoms with E-state index in [1.165, 1.54) is 0 Å². The van der Waals surface area contributed by atoms with Gasteiger partial charge in [0.25, 0.3) is 0 Å². The van der Waals surface area contributed by atoms with Crippen molar-refractivity contribution < 1.29 is 18.8 Å². The Kier molecular flexibility index (Phi) is 7.50. The van der Waals surface area contributed by atoms with Gasteiger partial charge in [0, 0.05) is 13.0 Å². The van der Waals surface area contributed by atoms with E-state index in [4.69, 9.17) is 26.1 Å². The number of nitrogens with one attached hydrogen (secondary N) is 2. The summed E-state index contributed by atoms with van der Waals surface area (Å²) in [5, 5.41) is 4.00. The lowest BCUT2D eigenvalue weighted by atomic mass is 10.3. The number of benzene rings is 1. The first-order valence-corrected chi connectivity index (χ1v) is 9.79. The van der Waals surface area contributed by atoms with Gasteiger partial charge in [0.15, 0.2) is 5.11 Å². The Labute approximate surface area is 166 Å². The van der Waals surface area contributed by atoms with Gasteiger partial charge in [-0.05, 0) is 36.5 Å². The zero-order chi connectivity index (χ0) is 18.9. The summed E-state index contributed by atoms with van der Waals surface area (Å²) in [7, 11) is 1.66. The fraction of sp³-hybridized carbons (Fsp3) is 0.450. The summed E-state index contributed by atoms with van der Waals surface area (Å²) >= 11 is 5.70. The third kappa shape index (κ3) is 5.95. The number of quaternary nitrogens is 1. The monoisotopic (exact) mass is 390 g/mol. The Hall–Kier alpha value is -2.09. The average Bonchev–Trinajstić information content (AvgIpc) is 3.21. The SMILES string of the molecule is COc1ccccc1NC(=S)N(CCC[NH+]1CCOCC1)Cc1ccco1. The lowest BCUT2D eigenvalue weighted by Gasteiger charge is -2.28. The van der Waals surface area contributed by atoms with Gasteiger partial charge < -0.3 is 29.0 Å². The van der Waals surface area contributed by atoms with Crippen molar-refractivity contribution in [2.75, 3.05) is 51.8 Å². The van der Waals surface area contributed by atoms with Gasteiger partial charge in [-0.3, -0.25) is 0 Å². The van der Waals surface area contributed by atoms with Gasteiger partial charge in [0.1, 0.15) is 24.6 Å². The van der Waals surface area contributed by atoms with Crippen molar-refractivity contribution >= 4 is 23.0 Å². The van der Waals surface area contributed by atoms with Crippen LogP contribution in [0.2, 0.25) is 0 Å². The molecule has 0 bridgehead atoms. The molecule has 6 nitrogen and oxygen atoms in total. The summed E-state index contributed by atoms with van der Waals surface area (Å²) < 4.78 is 16.4. The standard InChI is InChI=1S/C20H27N3O3S/c1-24-19-8-3-2-7-18(19)21-20(27)23(16-17-6-4-13-26-17)10-5-9-22-11-14-25-15-12-22/h2-4,6-8,13H,5,9-12,14-16H2,1H3,(H,21,27)/p+1. The topological polar surface area (TPSA) is 51.3 Å². The molecule has 1 aromatic carbocycles. The van der Waals surface area contributed by atoms with E-state index in [1.807, 2.05) is 36.4 Å². The normalized spacial score (nSPS) is 14.7. The lowest BCUT2D eigenvalue weighted by molar-refractivity contribution is -0.908. The second kappa shape index (κ2) is 10.3. The van der Waals surface area contributed by atoms with Crippen molar-refractivity contribution in [2.45, 2.75) is 13.0 Å². The zero-order valence-corrected chi connectivity index (χ0v) is 16.6. The molecule has 146 valence electrons. The summed E-state index contributed by atoms with van der Waals surface area (Å²) in [6, 6.07) is 11.7. The maximum atomic E-state index is 5.70. The van der Waals surface area contributed by atoms with E-state index in [0.717, 1.165) is 63.0 Å². The number of hydrogen-bond donors (Lipinski definition) is 2. The maximum Gasteiger partial charge on any atom is 0.173 e. The summed E-state index contributed by atoms with van der Waals surface area (Å²) in [5.74, 6) is 1.67. The molecular weight excluding hydrogens is 362 g/mol. The highest BCUT2D eigenvalue weighted by molar-refractivity contribution is 7.80.